The number of aromatic nitrogens is 4. The van der Waals surface area contributed by atoms with Crippen molar-refractivity contribution in [3.05, 3.63) is 119 Å². The molecule has 270 valence electrons. The second-order valence-corrected chi connectivity index (χ2v) is 13.4. The Morgan fingerprint density at radius 1 is 0.882 bits per heavy atom. The molecule has 1 fully saturated rings. The molecule has 4 aromatic rings. The Labute approximate surface area is 302 Å². The summed E-state index contributed by atoms with van der Waals surface area (Å²) >= 11 is 0. The van der Waals surface area contributed by atoms with E-state index in [9.17, 15) is 14.0 Å². The van der Waals surface area contributed by atoms with Gasteiger partial charge in [0.05, 0.1) is 17.6 Å². The lowest BCUT2D eigenvalue weighted by Gasteiger charge is -2.38. The minimum Gasteiger partial charge on any atom is -0.342 e. The molecule has 0 radical (unpaired) electrons. The van der Waals surface area contributed by atoms with Crippen LogP contribution in [0.1, 0.15) is 94.3 Å². The highest BCUT2D eigenvalue weighted by molar-refractivity contribution is 5.81. The lowest BCUT2D eigenvalue weighted by molar-refractivity contribution is 0.0894. The van der Waals surface area contributed by atoms with Crippen LogP contribution in [0, 0.1) is 5.82 Å². The molecule has 9 heteroatoms. The van der Waals surface area contributed by atoms with Crippen LogP contribution in [0.3, 0.4) is 0 Å². The molecular formula is C42H53FN6O2. The number of allylic oxidation sites excluding steroid dienone is 6. The van der Waals surface area contributed by atoms with Crippen LogP contribution < -0.4 is 15.4 Å². The van der Waals surface area contributed by atoms with Crippen molar-refractivity contribution in [3.8, 4) is 0 Å². The molecule has 0 unspecified atom stereocenters. The lowest BCUT2D eigenvalue weighted by atomic mass is 10.0. The second kappa shape index (κ2) is 19.6. The number of halogens is 1. The van der Waals surface area contributed by atoms with E-state index in [0.29, 0.717) is 18.9 Å². The zero-order valence-electron chi connectivity index (χ0n) is 30.3. The van der Waals surface area contributed by atoms with Gasteiger partial charge in [0.1, 0.15) is 5.82 Å². The summed E-state index contributed by atoms with van der Waals surface area (Å²) in [5, 5.41) is 0. The number of imidazole rings is 1. The fourth-order valence-electron chi connectivity index (χ4n) is 6.74. The maximum Gasteiger partial charge on any atom is 0.261 e. The number of nitrogens with zero attached hydrogens (tertiary/aromatic N) is 6. The zero-order chi connectivity index (χ0) is 35.8. The van der Waals surface area contributed by atoms with E-state index in [-0.39, 0.29) is 23.3 Å². The minimum atomic E-state index is -0.331. The van der Waals surface area contributed by atoms with Gasteiger partial charge in [-0.2, -0.15) is 0 Å². The first-order valence-corrected chi connectivity index (χ1v) is 18.7. The van der Waals surface area contributed by atoms with Crippen LogP contribution in [0.4, 0.5) is 16.3 Å². The fourth-order valence-corrected chi connectivity index (χ4v) is 6.74. The van der Waals surface area contributed by atoms with Gasteiger partial charge >= 0.3 is 0 Å². The first-order chi connectivity index (χ1) is 25.0. The number of carbonyl (C=O) groups excluding carboxylic acids is 1. The number of unbranched alkanes of at least 4 members (excludes halogenated alkanes) is 5. The van der Waals surface area contributed by atoms with Gasteiger partial charge in [0.2, 0.25) is 17.8 Å². The Bertz CT molecular complexity index is 1830. The summed E-state index contributed by atoms with van der Waals surface area (Å²) < 4.78 is 17.1. The summed E-state index contributed by atoms with van der Waals surface area (Å²) in [6.45, 7) is 4.26. The van der Waals surface area contributed by atoms with Crippen molar-refractivity contribution >= 4 is 28.8 Å². The van der Waals surface area contributed by atoms with Crippen molar-refractivity contribution < 1.29 is 9.18 Å². The Kier molecular flexibility index (Phi) is 14.4. The molecule has 1 aliphatic heterocycles. The standard InChI is InChI=1S/C42H53FN6O2/c1-3-4-5-6-7-8-9-10-11-12-13-14-15-16-17-22-39(50)49-40(51)27-30-44-41(49)46(2)36-28-31-47(32-29-36)42-45-37-20-18-19-21-38(37)48(42)33-34-23-25-35(43)26-24-34/h4-5,7-8,10-11,18-21,23-27,30,36H,3,6,9,12-17,22,28-29,31-33H2,1-2H3/b5-4-,8-7-,11-10-. The molecule has 2 aromatic heterocycles. The summed E-state index contributed by atoms with van der Waals surface area (Å²) in [6, 6.07) is 16.2. The average molecular weight is 693 g/mol. The molecule has 3 heterocycles. The molecule has 51 heavy (non-hydrogen) atoms. The molecule has 0 aliphatic carbocycles. The number of fused-ring (bicyclic) bond motifs is 1. The third kappa shape index (κ3) is 10.6. The predicted molar refractivity (Wildman–Crippen MR) is 207 cm³/mol. The van der Waals surface area contributed by atoms with Crippen molar-refractivity contribution in [1.29, 1.82) is 0 Å². The van der Waals surface area contributed by atoms with E-state index < -0.39 is 0 Å². The van der Waals surface area contributed by atoms with Gasteiger partial charge in [-0.05, 0) is 81.2 Å². The van der Waals surface area contributed by atoms with Crippen molar-refractivity contribution in [1.82, 2.24) is 19.1 Å². The van der Waals surface area contributed by atoms with Crippen LogP contribution >= 0.6 is 0 Å². The lowest BCUT2D eigenvalue weighted by Crippen LogP contribution is -2.46. The highest BCUT2D eigenvalue weighted by Gasteiger charge is 2.28. The molecule has 0 bridgehead atoms. The second-order valence-electron chi connectivity index (χ2n) is 13.4. The van der Waals surface area contributed by atoms with E-state index in [4.69, 9.17) is 4.98 Å². The van der Waals surface area contributed by atoms with Gasteiger partial charge < -0.3 is 14.4 Å². The largest absolute Gasteiger partial charge is 0.342 e. The van der Waals surface area contributed by atoms with Crippen molar-refractivity contribution in [3.63, 3.8) is 0 Å². The molecule has 0 saturated carbocycles. The van der Waals surface area contributed by atoms with Gasteiger partial charge in [-0.15, -0.1) is 0 Å². The van der Waals surface area contributed by atoms with Gasteiger partial charge in [0.25, 0.3) is 5.56 Å². The molecule has 5 rings (SSSR count). The molecular weight excluding hydrogens is 640 g/mol. The summed E-state index contributed by atoms with van der Waals surface area (Å²) in [4.78, 5) is 40.2. The summed E-state index contributed by atoms with van der Waals surface area (Å²) in [7, 11) is 1.94. The number of hydrogen-bond donors (Lipinski definition) is 0. The quantitative estimate of drug-likeness (QED) is 0.0765. The van der Waals surface area contributed by atoms with Crippen LogP contribution in [-0.4, -0.2) is 51.2 Å². The molecule has 1 aliphatic rings. The average Bonchev–Trinajstić information content (AvgIpc) is 3.51. The predicted octanol–water partition coefficient (Wildman–Crippen LogP) is 9.12. The number of carbonyl (C=O) groups is 1. The molecule has 0 amide bonds. The zero-order valence-corrected chi connectivity index (χ0v) is 30.3. The van der Waals surface area contributed by atoms with Crippen LogP contribution in [0.15, 0.2) is 102 Å². The van der Waals surface area contributed by atoms with Gasteiger partial charge in [-0.1, -0.05) is 86.9 Å². The normalized spacial score (nSPS) is 14.1. The third-order valence-corrected chi connectivity index (χ3v) is 9.62. The van der Waals surface area contributed by atoms with Gasteiger partial charge in [-0.3, -0.25) is 9.59 Å². The minimum absolute atomic E-state index is 0.109. The fraction of sp³-hybridized carbons (Fsp3) is 0.429. The number of benzene rings is 2. The van der Waals surface area contributed by atoms with E-state index in [0.717, 1.165) is 106 Å². The summed E-state index contributed by atoms with van der Waals surface area (Å²) in [5.41, 5.74) is 2.64. The van der Waals surface area contributed by atoms with Crippen molar-refractivity contribution in [2.24, 2.45) is 0 Å². The number of anilines is 2. The van der Waals surface area contributed by atoms with Crippen LogP contribution in [0.5, 0.6) is 0 Å². The van der Waals surface area contributed by atoms with E-state index in [1.807, 2.05) is 42.3 Å². The van der Waals surface area contributed by atoms with Gasteiger partial charge in [0.15, 0.2) is 0 Å². The Hall–Kier alpha value is -4.79. The maximum absolute atomic E-state index is 13.6. The van der Waals surface area contributed by atoms with E-state index >= 15 is 0 Å². The first-order valence-electron chi connectivity index (χ1n) is 18.7. The highest BCUT2D eigenvalue weighted by Crippen LogP contribution is 2.28. The van der Waals surface area contributed by atoms with E-state index in [2.05, 4.69) is 63.9 Å². The molecule has 1 saturated heterocycles. The van der Waals surface area contributed by atoms with Gasteiger partial charge in [0, 0.05) is 44.9 Å². The highest BCUT2D eigenvalue weighted by atomic mass is 19.1. The van der Waals surface area contributed by atoms with Gasteiger partial charge in [-0.25, -0.2) is 18.9 Å². The molecule has 0 spiro atoms. The van der Waals surface area contributed by atoms with Crippen LogP contribution in [0.25, 0.3) is 11.0 Å². The topological polar surface area (TPSA) is 76.3 Å². The van der Waals surface area contributed by atoms with Crippen LogP contribution in [-0.2, 0) is 6.54 Å². The summed E-state index contributed by atoms with van der Waals surface area (Å²) in [5.74, 6) is 0.861. The summed E-state index contributed by atoms with van der Waals surface area (Å²) in [6.07, 6.45) is 26.0. The molecule has 0 N–H and O–H groups in total. The number of hydrogen-bond acceptors (Lipinski definition) is 6. The molecule has 2 aromatic carbocycles. The number of para-hydroxylation sites is 2. The van der Waals surface area contributed by atoms with Crippen molar-refractivity contribution in [2.45, 2.75) is 96.6 Å². The maximum atomic E-state index is 13.6. The Balaban J connectivity index is 1.10. The number of piperidine rings is 1. The molecule has 0 atom stereocenters. The number of rotatable bonds is 18. The SMILES string of the molecule is CC/C=C\C/C=C\C/C=C\CCCCCCCC(=O)n1c(N(C)C2CCN(c3nc4ccccc4n3Cc3ccc(F)cc3)CC2)nccc1=O. The Morgan fingerprint density at radius 3 is 2.33 bits per heavy atom. The monoisotopic (exact) mass is 692 g/mol. The smallest absolute Gasteiger partial charge is 0.261 e. The molecule has 8 nitrogen and oxygen atoms in total. The Morgan fingerprint density at radius 2 is 1.57 bits per heavy atom. The van der Waals surface area contributed by atoms with Crippen molar-refractivity contribution in [2.75, 3.05) is 29.9 Å². The van der Waals surface area contributed by atoms with E-state index in [1.165, 1.54) is 29.0 Å². The third-order valence-electron chi connectivity index (χ3n) is 9.62. The first kappa shape index (κ1) is 37.5. The van der Waals surface area contributed by atoms with E-state index in [1.54, 1.807) is 0 Å². The van der Waals surface area contributed by atoms with Crippen LogP contribution in [0.2, 0.25) is 0 Å².